The van der Waals surface area contributed by atoms with Gasteiger partial charge in [-0.15, -0.1) is 11.3 Å². The molecule has 17 heavy (non-hydrogen) atoms. The molecule has 0 amide bonds. The van der Waals surface area contributed by atoms with Crippen LogP contribution < -0.4 is 0 Å². The number of thiophene rings is 1. The van der Waals surface area contributed by atoms with Gasteiger partial charge in [-0.3, -0.25) is 0 Å². The van der Waals surface area contributed by atoms with E-state index in [-0.39, 0.29) is 16.7 Å². The number of hydrogen-bond acceptors (Lipinski definition) is 1. The van der Waals surface area contributed by atoms with Crippen molar-refractivity contribution in [3.63, 3.8) is 0 Å². The van der Waals surface area contributed by atoms with E-state index < -0.39 is 12.6 Å². The highest BCUT2D eigenvalue weighted by atomic mass is 79.9. The molecule has 1 aromatic heterocycles. The lowest BCUT2D eigenvalue weighted by Crippen LogP contribution is -2.08. The Bertz CT molecular complexity index is 363. The van der Waals surface area contributed by atoms with Crippen LogP contribution in [0, 0.1) is 0 Å². The summed E-state index contributed by atoms with van der Waals surface area (Å²) in [5.74, 6) is 0. The Hall–Kier alpha value is -0.0300. The summed E-state index contributed by atoms with van der Waals surface area (Å²) in [6.45, 7) is 6.30. The highest BCUT2D eigenvalue weighted by Crippen LogP contribution is 2.39. The van der Waals surface area contributed by atoms with Gasteiger partial charge in [-0.05, 0) is 24.0 Å². The number of hydrogen-bond donors (Lipinski definition) is 0. The molecule has 0 saturated carbocycles. The molecule has 0 aromatic carbocycles. The molecule has 98 valence electrons. The van der Waals surface area contributed by atoms with Gasteiger partial charge in [0, 0.05) is 21.0 Å². The van der Waals surface area contributed by atoms with E-state index in [9.17, 15) is 13.2 Å². The highest BCUT2D eigenvalue weighted by molar-refractivity contribution is 9.09. The third kappa shape index (κ3) is 5.00. The fraction of sp³-hybridized carbons (Fsp3) is 0.667. The van der Waals surface area contributed by atoms with Crippen molar-refractivity contribution in [2.24, 2.45) is 0 Å². The van der Waals surface area contributed by atoms with Crippen LogP contribution in [-0.4, -0.2) is 6.18 Å². The van der Waals surface area contributed by atoms with Crippen LogP contribution >= 0.6 is 27.3 Å². The van der Waals surface area contributed by atoms with Gasteiger partial charge in [0.2, 0.25) is 0 Å². The molecule has 0 spiro atoms. The van der Waals surface area contributed by atoms with Crippen molar-refractivity contribution in [2.75, 3.05) is 0 Å². The number of rotatable bonds is 3. The Morgan fingerprint density at radius 3 is 2.24 bits per heavy atom. The van der Waals surface area contributed by atoms with Gasteiger partial charge in [-0.1, -0.05) is 36.7 Å². The highest BCUT2D eigenvalue weighted by Gasteiger charge is 2.28. The van der Waals surface area contributed by atoms with Gasteiger partial charge >= 0.3 is 6.18 Å². The first kappa shape index (κ1) is 15.0. The molecule has 5 heteroatoms. The van der Waals surface area contributed by atoms with Gasteiger partial charge in [-0.25, -0.2) is 0 Å². The Labute approximate surface area is 112 Å². The van der Waals surface area contributed by atoms with Crippen molar-refractivity contribution in [1.82, 2.24) is 0 Å². The Morgan fingerprint density at radius 1 is 1.24 bits per heavy atom. The van der Waals surface area contributed by atoms with Crippen LogP contribution in [0.5, 0.6) is 0 Å². The molecular weight excluding hydrogens is 313 g/mol. The van der Waals surface area contributed by atoms with Crippen molar-refractivity contribution in [3.05, 3.63) is 21.9 Å². The second-order valence-electron chi connectivity index (χ2n) is 5.07. The van der Waals surface area contributed by atoms with Crippen molar-refractivity contribution in [1.29, 1.82) is 0 Å². The average Bonchev–Trinajstić information content (AvgIpc) is 2.60. The standard InChI is InChI=1S/C12H16BrF3S/c1-11(2,3)10-5-4-9(17-10)8(13)6-7-12(14,15)16/h4-5,8H,6-7H2,1-3H3. The molecular formula is C12H16BrF3S. The van der Waals surface area contributed by atoms with Crippen LogP contribution in [0.4, 0.5) is 13.2 Å². The molecule has 0 radical (unpaired) electrons. The van der Waals surface area contributed by atoms with Crippen LogP contribution in [0.2, 0.25) is 0 Å². The molecule has 0 N–H and O–H groups in total. The second-order valence-corrected chi connectivity index (χ2v) is 7.29. The Kier molecular flexibility index (Phi) is 4.69. The average molecular weight is 329 g/mol. The van der Waals surface area contributed by atoms with Gasteiger partial charge in [0.05, 0.1) is 0 Å². The van der Waals surface area contributed by atoms with Crippen LogP contribution in [0.15, 0.2) is 12.1 Å². The fourth-order valence-electron chi connectivity index (χ4n) is 1.36. The number of alkyl halides is 4. The second kappa shape index (κ2) is 5.31. The third-order valence-corrected chi connectivity index (χ3v) is 5.23. The maximum absolute atomic E-state index is 12.1. The predicted molar refractivity (Wildman–Crippen MR) is 70.0 cm³/mol. The van der Waals surface area contributed by atoms with Gasteiger partial charge in [0.15, 0.2) is 0 Å². The predicted octanol–water partition coefficient (Wildman–Crippen LogP) is 5.82. The zero-order valence-electron chi connectivity index (χ0n) is 10.1. The first-order valence-electron chi connectivity index (χ1n) is 5.40. The molecule has 0 nitrogen and oxygen atoms in total. The monoisotopic (exact) mass is 328 g/mol. The summed E-state index contributed by atoms with van der Waals surface area (Å²) in [5, 5.41) is 0. The lowest BCUT2D eigenvalue weighted by atomic mass is 9.95. The quantitative estimate of drug-likeness (QED) is 0.613. The van der Waals surface area contributed by atoms with E-state index in [1.54, 1.807) is 11.3 Å². The lowest BCUT2D eigenvalue weighted by Gasteiger charge is -2.15. The number of halogens is 4. The van der Waals surface area contributed by atoms with Gasteiger partial charge in [0.25, 0.3) is 0 Å². The summed E-state index contributed by atoms with van der Waals surface area (Å²) in [6.07, 6.45) is -4.73. The summed E-state index contributed by atoms with van der Waals surface area (Å²) in [5.41, 5.74) is 0.0552. The minimum atomic E-state index is -4.07. The van der Waals surface area contributed by atoms with E-state index in [1.165, 1.54) is 4.88 Å². The summed E-state index contributed by atoms with van der Waals surface area (Å²) in [6, 6.07) is 3.92. The van der Waals surface area contributed by atoms with Crippen LogP contribution in [-0.2, 0) is 5.41 Å². The molecule has 0 aliphatic heterocycles. The molecule has 0 saturated heterocycles. The molecule has 1 rings (SSSR count). The minimum Gasteiger partial charge on any atom is -0.171 e. The van der Waals surface area contributed by atoms with Crippen LogP contribution in [0.1, 0.15) is 48.2 Å². The van der Waals surface area contributed by atoms with Crippen molar-refractivity contribution in [3.8, 4) is 0 Å². The van der Waals surface area contributed by atoms with Crippen molar-refractivity contribution < 1.29 is 13.2 Å². The third-order valence-electron chi connectivity index (χ3n) is 2.36. The summed E-state index contributed by atoms with van der Waals surface area (Å²) in [4.78, 5) is 1.97. The molecule has 1 unspecified atom stereocenters. The largest absolute Gasteiger partial charge is 0.389 e. The topological polar surface area (TPSA) is 0 Å². The first-order valence-corrected chi connectivity index (χ1v) is 7.14. The van der Waals surface area contributed by atoms with E-state index >= 15 is 0 Å². The first-order chi connectivity index (χ1) is 7.59. The maximum Gasteiger partial charge on any atom is 0.389 e. The lowest BCUT2D eigenvalue weighted by molar-refractivity contribution is -0.135. The molecule has 0 aliphatic rings. The van der Waals surface area contributed by atoms with Crippen molar-refractivity contribution >= 4 is 27.3 Å². The Morgan fingerprint density at radius 2 is 1.82 bits per heavy atom. The summed E-state index contributed by atoms with van der Waals surface area (Å²) >= 11 is 4.91. The van der Waals surface area contributed by atoms with E-state index in [0.717, 1.165) is 4.88 Å². The van der Waals surface area contributed by atoms with E-state index in [0.29, 0.717) is 0 Å². The van der Waals surface area contributed by atoms with Gasteiger partial charge in [-0.2, -0.15) is 13.2 Å². The molecule has 1 aromatic rings. The minimum absolute atomic E-state index is 0.0552. The molecule has 1 heterocycles. The molecule has 0 bridgehead atoms. The van der Waals surface area contributed by atoms with Crippen LogP contribution in [0.3, 0.4) is 0 Å². The van der Waals surface area contributed by atoms with Crippen molar-refractivity contribution in [2.45, 2.75) is 50.0 Å². The van der Waals surface area contributed by atoms with Crippen LogP contribution in [0.25, 0.3) is 0 Å². The normalized spacial score (nSPS) is 15.0. The Balaban J connectivity index is 2.64. The summed E-state index contributed by atoms with van der Waals surface area (Å²) < 4.78 is 36.3. The van der Waals surface area contributed by atoms with Gasteiger partial charge in [0.1, 0.15) is 0 Å². The molecule has 0 aliphatic carbocycles. The zero-order chi connectivity index (χ0) is 13.3. The van der Waals surface area contributed by atoms with E-state index in [2.05, 4.69) is 36.7 Å². The SMILES string of the molecule is CC(C)(C)c1ccc(C(Br)CCC(F)(F)F)s1. The smallest absolute Gasteiger partial charge is 0.171 e. The summed E-state index contributed by atoms with van der Waals surface area (Å²) in [7, 11) is 0. The van der Waals surface area contributed by atoms with E-state index in [1.807, 2.05) is 12.1 Å². The maximum atomic E-state index is 12.1. The fourth-order valence-corrected chi connectivity index (χ4v) is 3.10. The zero-order valence-corrected chi connectivity index (χ0v) is 12.5. The molecule has 1 atom stereocenters. The molecule has 0 fully saturated rings. The van der Waals surface area contributed by atoms with Gasteiger partial charge < -0.3 is 0 Å². The van der Waals surface area contributed by atoms with E-state index in [4.69, 9.17) is 0 Å².